The SMILES string of the molecule is CCN1CCN(CC(N)c2ccccc2)CC1C. The fraction of sp³-hybridized carbons (Fsp3) is 0.600. The highest BCUT2D eigenvalue weighted by Gasteiger charge is 2.23. The number of rotatable bonds is 4. The second-order valence-electron chi connectivity index (χ2n) is 5.25. The van der Waals surface area contributed by atoms with Gasteiger partial charge in [-0.15, -0.1) is 0 Å². The van der Waals surface area contributed by atoms with Crippen molar-refractivity contribution in [3.8, 4) is 0 Å². The van der Waals surface area contributed by atoms with Gasteiger partial charge in [0.2, 0.25) is 0 Å². The van der Waals surface area contributed by atoms with Gasteiger partial charge in [-0.3, -0.25) is 9.80 Å². The summed E-state index contributed by atoms with van der Waals surface area (Å²) in [7, 11) is 0. The Morgan fingerprint density at radius 2 is 2.00 bits per heavy atom. The van der Waals surface area contributed by atoms with Gasteiger partial charge in [0.15, 0.2) is 0 Å². The summed E-state index contributed by atoms with van der Waals surface area (Å²) in [6.07, 6.45) is 0. The fourth-order valence-electron chi connectivity index (χ4n) is 2.79. The first-order valence-corrected chi connectivity index (χ1v) is 6.97. The van der Waals surface area contributed by atoms with Crippen LogP contribution in [0.25, 0.3) is 0 Å². The molecular formula is C15H25N3. The molecule has 3 heteroatoms. The number of benzene rings is 1. The lowest BCUT2D eigenvalue weighted by molar-refractivity contribution is 0.0841. The second kappa shape index (κ2) is 6.32. The van der Waals surface area contributed by atoms with E-state index in [0.717, 1.165) is 26.2 Å². The number of nitrogens with zero attached hydrogens (tertiary/aromatic N) is 2. The summed E-state index contributed by atoms with van der Waals surface area (Å²) in [6, 6.07) is 11.2. The molecule has 1 saturated heterocycles. The zero-order valence-electron chi connectivity index (χ0n) is 11.5. The summed E-state index contributed by atoms with van der Waals surface area (Å²) in [4.78, 5) is 5.03. The predicted molar refractivity (Wildman–Crippen MR) is 76.5 cm³/mol. The zero-order valence-corrected chi connectivity index (χ0v) is 11.5. The molecule has 2 N–H and O–H groups in total. The molecule has 1 aromatic carbocycles. The molecule has 2 rings (SSSR count). The van der Waals surface area contributed by atoms with Crippen LogP contribution in [0.2, 0.25) is 0 Å². The van der Waals surface area contributed by atoms with Crippen molar-refractivity contribution in [2.75, 3.05) is 32.7 Å². The molecule has 1 heterocycles. The van der Waals surface area contributed by atoms with Crippen LogP contribution in [0.4, 0.5) is 0 Å². The van der Waals surface area contributed by atoms with Gasteiger partial charge < -0.3 is 5.73 Å². The Labute approximate surface area is 111 Å². The molecule has 1 aliphatic heterocycles. The summed E-state index contributed by atoms with van der Waals surface area (Å²) in [5.41, 5.74) is 7.52. The molecular weight excluding hydrogens is 222 g/mol. The van der Waals surface area contributed by atoms with Gasteiger partial charge in [-0.2, -0.15) is 0 Å². The van der Waals surface area contributed by atoms with Crippen molar-refractivity contribution < 1.29 is 0 Å². The van der Waals surface area contributed by atoms with E-state index in [9.17, 15) is 0 Å². The lowest BCUT2D eigenvalue weighted by Crippen LogP contribution is -2.52. The van der Waals surface area contributed by atoms with E-state index in [2.05, 4.69) is 47.9 Å². The molecule has 0 amide bonds. The van der Waals surface area contributed by atoms with Crippen molar-refractivity contribution in [2.24, 2.45) is 5.73 Å². The highest BCUT2D eigenvalue weighted by atomic mass is 15.3. The molecule has 100 valence electrons. The molecule has 0 aliphatic carbocycles. The number of hydrogen-bond donors (Lipinski definition) is 1. The molecule has 3 nitrogen and oxygen atoms in total. The normalized spacial score (nSPS) is 24.1. The van der Waals surface area contributed by atoms with Crippen molar-refractivity contribution in [2.45, 2.75) is 25.9 Å². The molecule has 18 heavy (non-hydrogen) atoms. The van der Waals surface area contributed by atoms with Crippen LogP contribution in [0.15, 0.2) is 30.3 Å². The zero-order chi connectivity index (χ0) is 13.0. The monoisotopic (exact) mass is 247 g/mol. The van der Waals surface area contributed by atoms with Crippen LogP contribution in [0.3, 0.4) is 0 Å². The van der Waals surface area contributed by atoms with Crippen LogP contribution in [-0.4, -0.2) is 48.6 Å². The van der Waals surface area contributed by atoms with E-state index in [1.165, 1.54) is 12.1 Å². The van der Waals surface area contributed by atoms with Crippen molar-refractivity contribution >= 4 is 0 Å². The van der Waals surface area contributed by atoms with Gasteiger partial charge in [0.25, 0.3) is 0 Å². The van der Waals surface area contributed by atoms with E-state index >= 15 is 0 Å². The molecule has 2 atom stereocenters. The van der Waals surface area contributed by atoms with E-state index in [1.807, 2.05) is 6.07 Å². The molecule has 0 aromatic heterocycles. The summed E-state index contributed by atoms with van der Waals surface area (Å²) in [5.74, 6) is 0. The third-order valence-electron chi connectivity index (χ3n) is 3.94. The minimum absolute atomic E-state index is 0.131. The molecule has 0 radical (unpaired) electrons. The highest BCUT2D eigenvalue weighted by Crippen LogP contribution is 2.15. The Morgan fingerprint density at radius 3 is 2.61 bits per heavy atom. The van der Waals surface area contributed by atoms with Crippen LogP contribution >= 0.6 is 0 Å². The van der Waals surface area contributed by atoms with Gasteiger partial charge in [0, 0.05) is 38.3 Å². The average Bonchev–Trinajstić information content (AvgIpc) is 2.40. The van der Waals surface area contributed by atoms with E-state index in [1.54, 1.807) is 0 Å². The Morgan fingerprint density at radius 1 is 1.28 bits per heavy atom. The van der Waals surface area contributed by atoms with Gasteiger partial charge in [-0.05, 0) is 19.0 Å². The van der Waals surface area contributed by atoms with Gasteiger partial charge in [0.05, 0.1) is 0 Å². The maximum atomic E-state index is 6.28. The molecule has 0 saturated carbocycles. The van der Waals surface area contributed by atoms with Crippen molar-refractivity contribution in [3.05, 3.63) is 35.9 Å². The maximum absolute atomic E-state index is 6.28. The lowest BCUT2D eigenvalue weighted by atomic mass is 10.1. The Balaban J connectivity index is 1.87. The molecule has 1 fully saturated rings. The minimum Gasteiger partial charge on any atom is -0.323 e. The predicted octanol–water partition coefficient (Wildman–Crippen LogP) is 1.71. The standard InChI is InChI=1S/C15H25N3/c1-3-18-10-9-17(11-13(18)2)12-15(16)14-7-5-4-6-8-14/h4-8,13,15H,3,9-12,16H2,1-2H3. The molecule has 2 unspecified atom stereocenters. The highest BCUT2D eigenvalue weighted by molar-refractivity contribution is 5.18. The van der Waals surface area contributed by atoms with Gasteiger partial charge in [-0.1, -0.05) is 37.3 Å². The minimum atomic E-state index is 0.131. The van der Waals surface area contributed by atoms with Crippen LogP contribution in [0.5, 0.6) is 0 Å². The molecule has 1 aliphatic rings. The van der Waals surface area contributed by atoms with Gasteiger partial charge >= 0.3 is 0 Å². The first-order valence-electron chi connectivity index (χ1n) is 6.97. The summed E-state index contributed by atoms with van der Waals surface area (Å²) >= 11 is 0. The van der Waals surface area contributed by atoms with Crippen molar-refractivity contribution in [1.29, 1.82) is 0 Å². The quantitative estimate of drug-likeness (QED) is 0.879. The van der Waals surface area contributed by atoms with Gasteiger partial charge in [0.1, 0.15) is 0 Å². The van der Waals surface area contributed by atoms with Crippen molar-refractivity contribution in [3.63, 3.8) is 0 Å². The van der Waals surface area contributed by atoms with Gasteiger partial charge in [-0.25, -0.2) is 0 Å². The fourth-order valence-corrected chi connectivity index (χ4v) is 2.79. The van der Waals surface area contributed by atoms with Crippen LogP contribution in [0.1, 0.15) is 25.5 Å². The number of likely N-dealkylation sites (N-methyl/N-ethyl adjacent to an activating group) is 1. The van der Waals surface area contributed by atoms with Crippen LogP contribution in [0, 0.1) is 0 Å². The molecule has 0 spiro atoms. The summed E-state index contributed by atoms with van der Waals surface area (Å²) in [5, 5.41) is 0. The smallest absolute Gasteiger partial charge is 0.0424 e. The number of hydrogen-bond acceptors (Lipinski definition) is 3. The van der Waals surface area contributed by atoms with Crippen molar-refractivity contribution in [1.82, 2.24) is 9.80 Å². The van der Waals surface area contributed by atoms with Crippen LogP contribution in [-0.2, 0) is 0 Å². The van der Waals surface area contributed by atoms with E-state index in [4.69, 9.17) is 5.73 Å². The molecule has 1 aromatic rings. The first-order chi connectivity index (χ1) is 8.70. The Kier molecular flexibility index (Phi) is 4.75. The third kappa shape index (κ3) is 3.31. The Hall–Kier alpha value is -0.900. The van der Waals surface area contributed by atoms with E-state index < -0.39 is 0 Å². The third-order valence-corrected chi connectivity index (χ3v) is 3.94. The van der Waals surface area contributed by atoms with E-state index in [-0.39, 0.29) is 6.04 Å². The largest absolute Gasteiger partial charge is 0.323 e. The lowest BCUT2D eigenvalue weighted by Gasteiger charge is -2.40. The number of piperazine rings is 1. The Bertz CT molecular complexity index is 352. The second-order valence-corrected chi connectivity index (χ2v) is 5.25. The summed E-state index contributed by atoms with van der Waals surface area (Å²) in [6.45, 7) is 10.1. The maximum Gasteiger partial charge on any atom is 0.0424 e. The van der Waals surface area contributed by atoms with Crippen LogP contribution < -0.4 is 5.73 Å². The topological polar surface area (TPSA) is 32.5 Å². The van der Waals surface area contributed by atoms with E-state index in [0.29, 0.717) is 6.04 Å². The number of nitrogens with two attached hydrogens (primary N) is 1. The molecule has 0 bridgehead atoms. The first kappa shape index (κ1) is 13.5. The summed E-state index contributed by atoms with van der Waals surface area (Å²) < 4.78 is 0. The average molecular weight is 247 g/mol.